The molecule has 17 heavy (non-hydrogen) atoms. The normalized spacial score (nSPS) is 11.2. The highest BCUT2D eigenvalue weighted by Crippen LogP contribution is 2.24. The number of H-pyrrole nitrogens is 1. The molecule has 94 valence electrons. The van der Waals surface area contributed by atoms with Crippen LogP contribution in [0.15, 0.2) is 0 Å². The molecule has 0 fully saturated rings. The summed E-state index contributed by atoms with van der Waals surface area (Å²) in [6.07, 6.45) is 2.48. The van der Waals surface area contributed by atoms with Crippen LogP contribution in [0.25, 0.3) is 0 Å². The SMILES string of the molecule is CCc1[nH]nc(NCC(C)(C)CCC#N)c1C. The fourth-order valence-corrected chi connectivity index (χ4v) is 1.76. The third kappa shape index (κ3) is 3.77. The van der Waals surface area contributed by atoms with Gasteiger partial charge in [0.15, 0.2) is 5.82 Å². The summed E-state index contributed by atoms with van der Waals surface area (Å²) < 4.78 is 0. The van der Waals surface area contributed by atoms with Crippen molar-refractivity contribution in [3.05, 3.63) is 11.3 Å². The third-order valence-corrected chi connectivity index (χ3v) is 3.11. The number of nitriles is 1. The van der Waals surface area contributed by atoms with Crippen LogP contribution >= 0.6 is 0 Å². The molecule has 0 aliphatic carbocycles. The lowest BCUT2D eigenvalue weighted by Crippen LogP contribution is -2.23. The first kappa shape index (κ1) is 13.6. The lowest BCUT2D eigenvalue weighted by molar-refractivity contribution is 0.363. The van der Waals surface area contributed by atoms with E-state index in [0.717, 1.165) is 25.2 Å². The summed E-state index contributed by atoms with van der Waals surface area (Å²) in [4.78, 5) is 0. The number of hydrogen-bond acceptors (Lipinski definition) is 3. The van der Waals surface area contributed by atoms with Crippen molar-refractivity contribution >= 4 is 5.82 Å². The van der Waals surface area contributed by atoms with E-state index in [9.17, 15) is 0 Å². The zero-order chi connectivity index (χ0) is 12.9. The molecule has 2 N–H and O–H groups in total. The van der Waals surface area contributed by atoms with Crippen LogP contribution in [0.1, 0.15) is 44.9 Å². The van der Waals surface area contributed by atoms with Crippen LogP contribution in [0.2, 0.25) is 0 Å². The Kier molecular flexibility index (Phi) is 4.56. The Morgan fingerprint density at radius 3 is 2.71 bits per heavy atom. The second-order valence-corrected chi connectivity index (χ2v) is 5.21. The van der Waals surface area contributed by atoms with Gasteiger partial charge in [0.1, 0.15) is 0 Å². The summed E-state index contributed by atoms with van der Waals surface area (Å²) >= 11 is 0. The molecule has 0 unspecified atom stereocenters. The summed E-state index contributed by atoms with van der Waals surface area (Å²) in [7, 11) is 0. The van der Waals surface area contributed by atoms with Crippen molar-refractivity contribution in [1.29, 1.82) is 5.26 Å². The number of aromatic amines is 1. The molecule has 0 amide bonds. The number of anilines is 1. The van der Waals surface area contributed by atoms with E-state index in [-0.39, 0.29) is 5.41 Å². The summed E-state index contributed by atoms with van der Waals surface area (Å²) in [5, 5.41) is 19.3. The maximum absolute atomic E-state index is 8.61. The number of hydrogen-bond donors (Lipinski definition) is 2. The predicted octanol–water partition coefficient (Wildman–Crippen LogP) is 3.02. The highest BCUT2D eigenvalue weighted by Gasteiger charge is 2.18. The molecule has 1 aromatic rings. The van der Waals surface area contributed by atoms with Crippen molar-refractivity contribution in [2.45, 2.75) is 47.0 Å². The van der Waals surface area contributed by atoms with Crippen LogP contribution < -0.4 is 5.32 Å². The molecule has 1 heterocycles. The zero-order valence-electron chi connectivity index (χ0n) is 11.2. The minimum atomic E-state index is 0.119. The molecule has 0 saturated carbocycles. The first-order valence-corrected chi connectivity index (χ1v) is 6.15. The number of rotatable bonds is 6. The molecule has 0 aromatic carbocycles. The summed E-state index contributed by atoms with van der Waals surface area (Å²) in [6.45, 7) is 9.36. The van der Waals surface area contributed by atoms with E-state index < -0.39 is 0 Å². The molecule has 1 rings (SSSR count). The quantitative estimate of drug-likeness (QED) is 0.795. The molecule has 4 heteroatoms. The van der Waals surface area contributed by atoms with E-state index in [1.807, 2.05) is 0 Å². The fourth-order valence-electron chi connectivity index (χ4n) is 1.76. The molecule has 0 atom stereocenters. The van der Waals surface area contributed by atoms with E-state index in [4.69, 9.17) is 5.26 Å². The second-order valence-electron chi connectivity index (χ2n) is 5.21. The molecule has 0 bridgehead atoms. The second kappa shape index (κ2) is 5.72. The van der Waals surface area contributed by atoms with E-state index in [1.54, 1.807) is 0 Å². The molecular weight excluding hydrogens is 212 g/mol. The average molecular weight is 234 g/mol. The molecule has 0 saturated heterocycles. The Bertz CT molecular complexity index is 398. The molecule has 0 radical (unpaired) electrons. The topological polar surface area (TPSA) is 64.5 Å². The number of aryl methyl sites for hydroxylation is 1. The lowest BCUT2D eigenvalue weighted by atomic mass is 9.88. The Hall–Kier alpha value is -1.50. The first-order valence-electron chi connectivity index (χ1n) is 6.15. The Morgan fingerprint density at radius 2 is 2.18 bits per heavy atom. The van der Waals surface area contributed by atoms with Crippen LogP contribution in [0.4, 0.5) is 5.82 Å². The maximum Gasteiger partial charge on any atom is 0.150 e. The monoisotopic (exact) mass is 234 g/mol. The highest BCUT2D eigenvalue weighted by molar-refractivity contribution is 5.45. The van der Waals surface area contributed by atoms with Gasteiger partial charge in [0, 0.05) is 24.2 Å². The molecule has 1 aromatic heterocycles. The summed E-state index contributed by atoms with van der Waals surface area (Å²) in [5.74, 6) is 0.937. The Labute approximate surface area is 103 Å². The van der Waals surface area contributed by atoms with E-state index in [0.29, 0.717) is 6.42 Å². The van der Waals surface area contributed by atoms with Crippen molar-refractivity contribution in [2.24, 2.45) is 5.41 Å². The fraction of sp³-hybridized carbons (Fsp3) is 0.692. The minimum absolute atomic E-state index is 0.119. The Balaban J connectivity index is 2.55. The van der Waals surface area contributed by atoms with Gasteiger partial charge in [-0.2, -0.15) is 10.4 Å². The van der Waals surface area contributed by atoms with Crippen LogP contribution in [0, 0.1) is 23.7 Å². The zero-order valence-corrected chi connectivity index (χ0v) is 11.2. The predicted molar refractivity (Wildman–Crippen MR) is 69.8 cm³/mol. The van der Waals surface area contributed by atoms with Crippen LogP contribution in [0.3, 0.4) is 0 Å². The molecule has 0 spiro atoms. The smallest absolute Gasteiger partial charge is 0.150 e. The standard InChI is InChI=1S/C13H22N4/c1-5-11-10(2)12(17-16-11)15-9-13(3,4)7-6-8-14/h5-7,9H2,1-4H3,(H2,15,16,17). The number of nitrogens with zero attached hydrogens (tertiary/aromatic N) is 2. The van der Waals surface area contributed by atoms with Gasteiger partial charge in [-0.15, -0.1) is 0 Å². The van der Waals surface area contributed by atoms with E-state index in [2.05, 4.69) is 49.3 Å². The van der Waals surface area contributed by atoms with Gasteiger partial charge >= 0.3 is 0 Å². The highest BCUT2D eigenvalue weighted by atomic mass is 15.2. The average Bonchev–Trinajstić information content (AvgIpc) is 2.65. The van der Waals surface area contributed by atoms with Crippen molar-refractivity contribution in [3.8, 4) is 6.07 Å². The van der Waals surface area contributed by atoms with Gasteiger partial charge in [0.2, 0.25) is 0 Å². The largest absolute Gasteiger partial charge is 0.368 e. The number of aromatic nitrogens is 2. The van der Waals surface area contributed by atoms with Crippen LogP contribution in [-0.2, 0) is 6.42 Å². The first-order chi connectivity index (χ1) is 8.00. The van der Waals surface area contributed by atoms with E-state index >= 15 is 0 Å². The van der Waals surface area contributed by atoms with Crippen LogP contribution in [-0.4, -0.2) is 16.7 Å². The summed E-state index contributed by atoms with van der Waals surface area (Å²) in [6, 6.07) is 2.20. The van der Waals surface area contributed by atoms with E-state index in [1.165, 1.54) is 11.3 Å². The van der Waals surface area contributed by atoms with Crippen molar-refractivity contribution in [1.82, 2.24) is 10.2 Å². The maximum atomic E-state index is 8.61. The number of nitrogens with one attached hydrogen (secondary N) is 2. The van der Waals surface area contributed by atoms with Crippen molar-refractivity contribution < 1.29 is 0 Å². The van der Waals surface area contributed by atoms with Gasteiger partial charge in [-0.1, -0.05) is 20.8 Å². The minimum Gasteiger partial charge on any atom is -0.368 e. The molecule has 4 nitrogen and oxygen atoms in total. The van der Waals surface area contributed by atoms with Gasteiger partial charge in [0.25, 0.3) is 0 Å². The van der Waals surface area contributed by atoms with Crippen LogP contribution in [0.5, 0.6) is 0 Å². The van der Waals surface area contributed by atoms with Gasteiger partial charge in [-0.3, -0.25) is 5.10 Å². The van der Waals surface area contributed by atoms with Gasteiger partial charge in [-0.25, -0.2) is 0 Å². The molecule has 0 aliphatic heterocycles. The lowest BCUT2D eigenvalue weighted by Gasteiger charge is -2.23. The van der Waals surface area contributed by atoms with Gasteiger partial charge < -0.3 is 5.32 Å². The van der Waals surface area contributed by atoms with Crippen molar-refractivity contribution in [2.75, 3.05) is 11.9 Å². The third-order valence-electron chi connectivity index (χ3n) is 3.11. The van der Waals surface area contributed by atoms with Gasteiger partial charge in [-0.05, 0) is 25.2 Å². The van der Waals surface area contributed by atoms with Gasteiger partial charge in [0.05, 0.1) is 6.07 Å². The summed E-state index contributed by atoms with van der Waals surface area (Å²) in [5.41, 5.74) is 2.50. The molecular formula is C13H22N4. The van der Waals surface area contributed by atoms with Crippen molar-refractivity contribution in [3.63, 3.8) is 0 Å². The Morgan fingerprint density at radius 1 is 1.47 bits per heavy atom. The molecule has 0 aliphatic rings.